The van der Waals surface area contributed by atoms with Crippen molar-refractivity contribution in [1.29, 1.82) is 0 Å². The minimum atomic E-state index is -0.158. The number of nitrogens with two attached hydrogens (primary N) is 1. The summed E-state index contributed by atoms with van der Waals surface area (Å²) in [5, 5.41) is 0. The molecule has 0 saturated heterocycles. The Hall–Kier alpha value is -1.05. The SMILES string of the molecule is [2H]c1c(N)nc(C(C)C)c([2H])c1[2H]. The molecule has 2 nitrogen and oxygen atoms in total. The van der Waals surface area contributed by atoms with Gasteiger partial charge in [0.2, 0.25) is 0 Å². The second-order valence-corrected chi connectivity index (χ2v) is 2.41. The molecule has 0 radical (unpaired) electrons. The molecule has 0 fully saturated rings. The number of nitrogens with zero attached hydrogens (tertiary/aromatic N) is 1. The van der Waals surface area contributed by atoms with Gasteiger partial charge in [-0.3, -0.25) is 0 Å². The number of rotatable bonds is 1. The molecule has 1 rings (SSSR count). The number of hydrogen-bond acceptors (Lipinski definition) is 2. The predicted octanol–water partition coefficient (Wildman–Crippen LogP) is 1.79. The molecular weight excluding hydrogens is 124 g/mol. The van der Waals surface area contributed by atoms with Crippen molar-refractivity contribution in [2.24, 2.45) is 0 Å². The normalized spacial score (nSPS) is 14.5. The number of hydrogen-bond donors (Lipinski definition) is 1. The summed E-state index contributed by atoms with van der Waals surface area (Å²) in [5.41, 5.74) is 5.91. The van der Waals surface area contributed by atoms with Crippen LogP contribution in [0.2, 0.25) is 0 Å². The van der Waals surface area contributed by atoms with E-state index in [-0.39, 0.29) is 29.9 Å². The Kier molecular flexibility index (Phi) is 1.07. The first-order valence-electron chi connectivity index (χ1n) is 4.68. The Morgan fingerprint density at radius 3 is 2.90 bits per heavy atom. The number of nitrogen functional groups attached to an aromatic ring is 1. The van der Waals surface area contributed by atoms with Crippen LogP contribution in [0.4, 0.5) is 5.82 Å². The Bertz CT molecular complexity index is 337. The van der Waals surface area contributed by atoms with E-state index in [1.54, 1.807) is 0 Å². The summed E-state index contributed by atoms with van der Waals surface area (Å²) in [5.74, 6) is 0.0872. The van der Waals surface area contributed by atoms with E-state index >= 15 is 0 Å². The highest BCUT2D eigenvalue weighted by Gasteiger charge is 1.98. The zero-order chi connectivity index (χ0) is 10.2. The molecule has 1 aromatic rings. The second kappa shape index (κ2) is 2.69. The fourth-order valence-corrected chi connectivity index (χ4v) is 0.618. The first-order chi connectivity index (χ1) is 5.95. The highest BCUT2D eigenvalue weighted by Crippen LogP contribution is 2.11. The molecule has 0 spiro atoms. The molecule has 2 heteroatoms. The zero-order valence-corrected chi connectivity index (χ0v) is 6.10. The minimum Gasteiger partial charge on any atom is -0.384 e. The van der Waals surface area contributed by atoms with Gasteiger partial charge in [0.1, 0.15) is 5.82 Å². The van der Waals surface area contributed by atoms with Gasteiger partial charge in [0.15, 0.2) is 0 Å². The van der Waals surface area contributed by atoms with Crippen LogP contribution in [0.5, 0.6) is 0 Å². The van der Waals surface area contributed by atoms with Gasteiger partial charge in [0.05, 0.1) is 4.11 Å². The largest absolute Gasteiger partial charge is 0.384 e. The van der Waals surface area contributed by atoms with Crippen LogP contribution in [-0.2, 0) is 0 Å². The zero-order valence-electron chi connectivity index (χ0n) is 9.10. The highest BCUT2D eigenvalue weighted by atomic mass is 14.8. The van der Waals surface area contributed by atoms with Gasteiger partial charge in [-0.25, -0.2) is 4.98 Å². The average Bonchev–Trinajstić information content (AvgIpc) is 2.07. The summed E-state index contributed by atoms with van der Waals surface area (Å²) in [6, 6.07) is -0.292. The Labute approximate surface area is 65.3 Å². The fourth-order valence-electron chi connectivity index (χ4n) is 0.618. The number of pyridine rings is 1. The Morgan fingerprint density at radius 1 is 1.60 bits per heavy atom. The van der Waals surface area contributed by atoms with Gasteiger partial charge in [-0.2, -0.15) is 0 Å². The van der Waals surface area contributed by atoms with Crippen molar-refractivity contribution in [2.75, 3.05) is 5.73 Å². The van der Waals surface area contributed by atoms with Crippen LogP contribution in [0, 0.1) is 0 Å². The fraction of sp³-hybridized carbons (Fsp3) is 0.375. The lowest BCUT2D eigenvalue weighted by Crippen LogP contribution is -1.95. The average molecular weight is 139 g/mol. The van der Waals surface area contributed by atoms with Crippen LogP contribution in [0.15, 0.2) is 18.1 Å². The summed E-state index contributed by atoms with van der Waals surface area (Å²) in [6.07, 6.45) is 0. The summed E-state index contributed by atoms with van der Waals surface area (Å²) < 4.78 is 22.3. The Balaban J connectivity index is 3.41. The molecule has 0 saturated carbocycles. The van der Waals surface area contributed by atoms with Gasteiger partial charge in [-0.05, 0) is 18.0 Å². The molecule has 0 aliphatic carbocycles. The lowest BCUT2D eigenvalue weighted by molar-refractivity contribution is 0.825. The number of aromatic nitrogens is 1. The van der Waals surface area contributed by atoms with Gasteiger partial charge in [0, 0.05) is 5.69 Å². The molecular formula is C8H12N2. The van der Waals surface area contributed by atoms with Crippen LogP contribution in [0.25, 0.3) is 0 Å². The van der Waals surface area contributed by atoms with Crippen LogP contribution in [0.3, 0.4) is 0 Å². The quantitative estimate of drug-likeness (QED) is 0.644. The maximum atomic E-state index is 7.54. The van der Waals surface area contributed by atoms with Crippen molar-refractivity contribution in [3.8, 4) is 0 Å². The molecule has 0 unspecified atom stereocenters. The molecule has 0 aliphatic heterocycles. The third-order valence-corrected chi connectivity index (χ3v) is 1.17. The molecule has 54 valence electrons. The van der Waals surface area contributed by atoms with Crippen molar-refractivity contribution in [3.05, 3.63) is 23.8 Å². The molecule has 10 heavy (non-hydrogen) atoms. The van der Waals surface area contributed by atoms with E-state index in [0.717, 1.165) is 0 Å². The van der Waals surface area contributed by atoms with Crippen LogP contribution in [0.1, 0.15) is 29.6 Å². The molecule has 1 heterocycles. The van der Waals surface area contributed by atoms with E-state index in [0.29, 0.717) is 5.69 Å². The first kappa shape index (κ1) is 3.96. The molecule has 0 atom stereocenters. The van der Waals surface area contributed by atoms with E-state index in [4.69, 9.17) is 9.85 Å². The van der Waals surface area contributed by atoms with E-state index in [9.17, 15) is 0 Å². The van der Waals surface area contributed by atoms with Gasteiger partial charge in [-0.15, -0.1) is 0 Å². The van der Waals surface area contributed by atoms with E-state index in [1.807, 2.05) is 13.8 Å². The van der Waals surface area contributed by atoms with Crippen LogP contribution >= 0.6 is 0 Å². The molecule has 1 aromatic heterocycles. The molecule has 0 aliphatic rings. The second-order valence-electron chi connectivity index (χ2n) is 2.41. The highest BCUT2D eigenvalue weighted by molar-refractivity contribution is 5.29. The van der Waals surface area contributed by atoms with Gasteiger partial charge < -0.3 is 5.73 Å². The molecule has 2 N–H and O–H groups in total. The third kappa shape index (κ3) is 1.47. The van der Waals surface area contributed by atoms with E-state index < -0.39 is 0 Å². The summed E-state index contributed by atoms with van der Waals surface area (Å²) >= 11 is 0. The van der Waals surface area contributed by atoms with Crippen LogP contribution in [-0.4, -0.2) is 4.98 Å². The van der Waals surface area contributed by atoms with Crippen molar-refractivity contribution >= 4 is 5.82 Å². The topological polar surface area (TPSA) is 38.9 Å². The van der Waals surface area contributed by atoms with Gasteiger partial charge >= 0.3 is 0 Å². The number of anilines is 1. The Morgan fingerprint density at radius 2 is 2.30 bits per heavy atom. The first-order valence-corrected chi connectivity index (χ1v) is 3.18. The maximum absolute atomic E-state index is 7.54. The van der Waals surface area contributed by atoms with Crippen molar-refractivity contribution in [3.63, 3.8) is 0 Å². The van der Waals surface area contributed by atoms with Crippen LogP contribution < -0.4 is 5.73 Å². The molecule has 0 bridgehead atoms. The smallest absolute Gasteiger partial charge is 0.123 e. The van der Waals surface area contributed by atoms with Crippen molar-refractivity contribution in [2.45, 2.75) is 19.8 Å². The van der Waals surface area contributed by atoms with E-state index in [1.165, 1.54) is 0 Å². The third-order valence-electron chi connectivity index (χ3n) is 1.17. The monoisotopic (exact) mass is 139 g/mol. The summed E-state index contributed by atoms with van der Waals surface area (Å²) in [4.78, 5) is 3.92. The lowest BCUT2D eigenvalue weighted by atomic mass is 10.1. The molecule has 0 aromatic carbocycles. The summed E-state index contributed by atoms with van der Waals surface area (Å²) in [7, 11) is 0. The van der Waals surface area contributed by atoms with Gasteiger partial charge in [0.25, 0.3) is 0 Å². The van der Waals surface area contributed by atoms with Crippen molar-refractivity contribution in [1.82, 2.24) is 4.98 Å². The summed E-state index contributed by atoms with van der Waals surface area (Å²) in [6.45, 7) is 3.76. The lowest BCUT2D eigenvalue weighted by Gasteiger charge is -2.02. The predicted molar refractivity (Wildman–Crippen MR) is 42.7 cm³/mol. The minimum absolute atomic E-state index is 0.00852. The van der Waals surface area contributed by atoms with E-state index in [2.05, 4.69) is 4.98 Å². The van der Waals surface area contributed by atoms with Crippen molar-refractivity contribution < 1.29 is 4.11 Å². The maximum Gasteiger partial charge on any atom is 0.123 e. The standard InChI is InChI=1S/C8H12N2/c1-6(2)7-4-3-5-8(9)10-7/h3-6H,1-2H3,(H2,9,10)/i3D,4D,5D. The van der Waals surface area contributed by atoms with Gasteiger partial charge in [-0.1, -0.05) is 19.9 Å². The molecule has 0 amide bonds.